The number of nitrogens with one attached hydrogen (secondary N) is 1. The Morgan fingerprint density at radius 2 is 2.22 bits per heavy atom. The van der Waals surface area contributed by atoms with Crippen LogP contribution in [0.2, 0.25) is 0 Å². The van der Waals surface area contributed by atoms with Gasteiger partial charge in [0.1, 0.15) is 0 Å². The summed E-state index contributed by atoms with van der Waals surface area (Å²) in [6, 6.07) is 5.91. The molecule has 1 fully saturated rings. The van der Waals surface area contributed by atoms with E-state index in [9.17, 15) is 4.79 Å². The number of nitrogen functional groups attached to an aromatic ring is 1. The zero-order valence-corrected chi connectivity index (χ0v) is 10.9. The van der Waals surface area contributed by atoms with Crippen LogP contribution in [0.15, 0.2) is 18.2 Å². The predicted molar refractivity (Wildman–Crippen MR) is 72.6 cm³/mol. The third-order valence-corrected chi connectivity index (χ3v) is 3.52. The van der Waals surface area contributed by atoms with E-state index >= 15 is 0 Å². The molecule has 2 atom stereocenters. The van der Waals surface area contributed by atoms with E-state index in [-0.39, 0.29) is 0 Å². The topological polar surface area (TPSA) is 64.3 Å². The first-order valence-corrected chi connectivity index (χ1v) is 6.34. The number of anilines is 2. The van der Waals surface area contributed by atoms with Gasteiger partial charge in [0.25, 0.3) is 0 Å². The van der Waals surface area contributed by atoms with Gasteiger partial charge in [0.15, 0.2) is 0 Å². The van der Waals surface area contributed by atoms with Gasteiger partial charge in [0, 0.05) is 17.4 Å². The first-order chi connectivity index (χ1) is 8.60. The molecule has 0 bridgehead atoms. The lowest BCUT2D eigenvalue weighted by Gasteiger charge is -2.15. The highest BCUT2D eigenvalue weighted by molar-refractivity contribution is 5.96. The molecular weight excluding hydrogens is 228 g/mol. The van der Waals surface area contributed by atoms with Crippen LogP contribution in [-0.2, 0) is 4.74 Å². The predicted octanol–water partition coefficient (Wildman–Crippen LogP) is 2.66. The van der Waals surface area contributed by atoms with Crippen LogP contribution in [0, 0.1) is 5.92 Å². The summed E-state index contributed by atoms with van der Waals surface area (Å²) in [6.45, 7) is 2.27. The van der Waals surface area contributed by atoms with E-state index in [0.29, 0.717) is 17.3 Å². The fourth-order valence-corrected chi connectivity index (χ4v) is 2.51. The van der Waals surface area contributed by atoms with Crippen LogP contribution in [0.5, 0.6) is 0 Å². The Balaban J connectivity index is 2.12. The Bertz CT molecular complexity index is 445. The van der Waals surface area contributed by atoms with Gasteiger partial charge in [-0.25, -0.2) is 4.79 Å². The van der Waals surface area contributed by atoms with E-state index in [1.165, 1.54) is 26.4 Å². The molecule has 1 aromatic rings. The minimum atomic E-state index is -0.393. The van der Waals surface area contributed by atoms with Crippen LogP contribution in [-0.4, -0.2) is 19.1 Å². The lowest BCUT2D eigenvalue weighted by atomic mass is 10.1. The number of carbonyl (C=O) groups excluding carboxylic acids is 1. The number of nitrogens with two attached hydrogens (primary N) is 1. The molecule has 4 nitrogen and oxygen atoms in total. The van der Waals surface area contributed by atoms with Crippen LogP contribution in [0.1, 0.15) is 36.5 Å². The van der Waals surface area contributed by atoms with Gasteiger partial charge in [-0.2, -0.15) is 0 Å². The lowest BCUT2D eigenvalue weighted by Crippen LogP contribution is -2.16. The molecule has 0 aliphatic heterocycles. The minimum Gasteiger partial charge on any atom is -0.465 e. The second-order valence-electron chi connectivity index (χ2n) is 5.05. The van der Waals surface area contributed by atoms with Gasteiger partial charge in [-0.3, -0.25) is 0 Å². The van der Waals surface area contributed by atoms with Crippen molar-refractivity contribution >= 4 is 17.3 Å². The largest absolute Gasteiger partial charge is 0.465 e. The molecule has 98 valence electrons. The molecule has 0 spiro atoms. The normalized spacial score (nSPS) is 22.8. The van der Waals surface area contributed by atoms with E-state index in [4.69, 9.17) is 10.5 Å². The molecule has 4 heteroatoms. The summed E-state index contributed by atoms with van der Waals surface area (Å²) in [7, 11) is 1.36. The number of methoxy groups -OCH3 is 1. The Morgan fingerprint density at radius 1 is 1.44 bits per heavy atom. The average Bonchev–Trinajstić information content (AvgIpc) is 2.76. The van der Waals surface area contributed by atoms with Gasteiger partial charge in [0.2, 0.25) is 0 Å². The average molecular weight is 248 g/mol. The van der Waals surface area contributed by atoms with Crippen LogP contribution in [0.4, 0.5) is 11.4 Å². The van der Waals surface area contributed by atoms with Gasteiger partial charge in [0.05, 0.1) is 12.7 Å². The van der Waals surface area contributed by atoms with E-state index < -0.39 is 5.97 Å². The van der Waals surface area contributed by atoms with Gasteiger partial charge in [-0.15, -0.1) is 0 Å². The molecule has 0 radical (unpaired) electrons. The lowest BCUT2D eigenvalue weighted by molar-refractivity contribution is 0.0602. The van der Waals surface area contributed by atoms with Gasteiger partial charge in [-0.05, 0) is 43.4 Å². The second-order valence-corrected chi connectivity index (χ2v) is 5.05. The molecule has 0 aromatic heterocycles. The summed E-state index contributed by atoms with van der Waals surface area (Å²) in [5, 5.41) is 3.45. The summed E-state index contributed by atoms with van der Waals surface area (Å²) in [4.78, 5) is 11.5. The number of benzene rings is 1. The summed E-state index contributed by atoms with van der Waals surface area (Å²) in [5.74, 6) is 0.382. The zero-order chi connectivity index (χ0) is 13.1. The van der Waals surface area contributed by atoms with Crippen molar-refractivity contribution in [2.24, 2.45) is 5.92 Å². The van der Waals surface area contributed by atoms with Crippen LogP contribution in [0.3, 0.4) is 0 Å². The SMILES string of the molecule is COC(=O)c1cc(NC2CCC(C)C2)ccc1N. The molecule has 18 heavy (non-hydrogen) atoms. The number of hydrogen-bond donors (Lipinski definition) is 2. The highest BCUT2D eigenvalue weighted by atomic mass is 16.5. The van der Waals surface area contributed by atoms with Crippen molar-refractivity contribution < 1.29 is 9.53 Å². The Kier molecular flexibility index (Phi) is 3.75. The number of ether oxygens (including phenoxy) is 1. The van der Waals surface area contributed by atoms with E-state index in [0.717, 1.165) is 11.6 Å². The molecule has 2 unspecified atom stereocenters. The number of hydrogen-bond acceptors (Lipinski definition) is 4. The summed E-state index contributed by atoms with van der Waals surface area (Å²) in [5.41, 5.74) is 7.58. The van der Waals surface area contributed by atoms with Crippen LogP contribution >= 0.6 is 0 Å². The third kappa shape index (κ3) is 2.75. The maximum Gasteiger partial charge on any atom is 0.340 e. The molecule has 0 amide bonds. The maximum atomic E-state index is 11.5. The quantitative estimate of drug-likeness (QED) is 0.637. The van der Waals surface area contributed by atoms with Crippen LogP contribution in [0.25, 0.3) is 0 Å². The van der Waals surface area contributed by atoms with Crippen molar-refractivity contribution in [1.82, 2.24) is 0 Å². The number of rotatable bonds is 3. The van der Waals surface area contributed by atoms with E-state index in [1.807, 2.05) is 6.07 Å². The molecule has 3 N–H and O–H groups in total. The zero-order valence-electron chi connectivity index (χ0n) is 10.9. The maximum absolute atomic E-state index is 11.5. The first kappa shape index (κ1) is 12.7. The smallest absolute Gasteiger partial charge is 0.340 e. The van der Waals surface area contributed by atoms with Gasteiger partial charge >= 0.3 is 5.97 Å². The van der Waals surface area contributed by atoms with Crippen molar-refractivity contribution in [1.29, 1.82) is 0 Å². The van der Waals surface area contributed by atoms with Crippen LogP contribution < -0.4 is 11.1 Å². The Labute approximate surface area is 108 Å². The minimum absolute atomic E-state index is 0.393. The van der Waals surface area contributed by atoms with Crippen molar-refractivity contribution in [2.45, 2.75) is 32.2 Å². The first-order valence-electron chi connectivity index (χ1n) is 6.34. The van der Waals surface area contributed by atoms with Gasteiger partial charge < -0.3 is 15.8 Å². The van der Waals surface area contributed by atoms with Crippen molar-refractivity contribution in [3.63, 3.8) is 0 Å². The Morgan fingerprint density at radius 3 is 2.83 bits per heavy atom. The molecular formula is C14H20N2O2. The molecule has 0 heterocycles. The monoisotopic (exact) mass is 248 g/mol. The molecule has 1 aliphatic rings. The van der Waals surface area contributed by atoms with Gasteiger partial charge in [-0.1, -0.05) is 6.92 Å². The fourth-order valence-electron chi connectivity index (χ4n) is 2.51. The van der Waals surface area contributed by atoms with Crippen molar-refractivity contribution in [2.75, 3.05) is 18.2 Å². The number of carbonyl (C=O) groups is 1. The molecule has 0 saturated heterocycles. The second kappa shape index (κ2) is 5.29. The summed E-state index contributed by atoms with van der Waals surface area (Å²) >= 11 is 0. The molecule has 1 saturated carbocycles. The molecule has 1 aliphatic carbocycles. The van der Waals surface area contributed by atoms with Crippen molar-refractivity contribution in [3.8, 4) is 0 Å². The highest BCUT2D eigenvalue weighted by Gasteiger charge is 2.21. The molecule has 2 rings (SSSR count). The standard InChI is InChI=1S/C14H20N2O2/c1-9-3-4-10(7-9)16-11-5-6-13(15)12(8-11)14(17)18-2/h5-6,8-10,16H,3-4,7,15H2,1-2H3. The summed E-state index contributed by atoms with van der Waals surface area (Å²) < 4.78 is 4.71. The highest BCUT2D eigenvalue weighted by Crippen LogP contribution is 2.28. The number of esters is 1. The van der Waals surface area contributed by atoms with Crippen molar-refractivity contribution in [3.05, 3.63) is 23.8 Å². The fraction of sp³-hybridized carbons (Fsp3) is 0.500. The summed E-state index contributed by atoms with van der Waals surface area (Å²) in [6.07, 6.45) is 3.62. The van der Waals surface area contributed by atoms with E-state index in [2.05, 4.69) is 12.2 Å². The van der Waals surface area contributed by atoms with E-state index in [1.54, 1.807) is 12.1 Å². The Hall–Kier alpha value is -1.71. The third-order valence-electron chi connectivity index (χ3n) is 3.52. The molecule has 1 aromatic carbocycles.